The van der Waals surface area contributed by atoms with Gasteiger partial charge in [-0.25, -0.2) is 4.39 Å². The van der Waals surface area contributed by atoms with Crippen LogP contribution in [-0.2, 0) is 0 Å². The van der Waals surface area contributed by atoms with Gasteiger partial charge in [0.2, 0.25) is 0 Å². The second-order valence-corrected chi connectivity index (χ2v) is 5.93. The van der Waals surface area contributed by atoms with Crippen molar-refractivity contribution in [2.75, 3.05) is 11.9 Å². The van der Waals surface area contributed by atoms with Gasteiger partial charge in [0.25, 0.3) is 5.91 Å². The number of halogens is 2. The largest absolute Gasteiger partial charge is 0.352 e. The molecule has 1 fully saturated rings. The molecule has 1 amide bonds. The summed E-state index contributed by atoms with van der Waals surface area (Å²) in [6.07, 6.45) is 3.62. The normalized spacial score (nSPS) is 22.5. The molecule has 0 aromatic heterocycles. The summed E-state index contributed by atoms with van der Waals surface area (Å²) in [7, 11) is 0. The summed E-state index contributed by atoms with van der Waals surface area (Å²) >= 11 is 3.52. The molecule has 1 aromatic carbocycles. The zero-order chi connectivity index (χ0) is 13.8. The molecule has 0 bridgehead atoms. The van der Waals surface area contributed by atoms with E-state index in [2.05, 4.69) is 21.2 Å². The van der Waals surface area contributed by atoms with Crippen LogP contribution in [0.25, 0.3) is 0 Å². The number of aryl methyl sites for hydroxylation is 1. The first-order valence-electron chi connectivity index (χ1n) is 6.72. The average Bonchev–Trinajstić information content (AvgIpc) is 2.86. The number of hydrogen-bond acceptors (Lipinski definition) is 1. The van der Waals surface area contributed by atoms with Crippen molar-refractivity contribution in [3.8, 4) is 0 Å². The molecule has 1 aromatic rings. The quantitative estimate of drug-likeness (QED) is 0.840. The first-order valence-corrected chi connectivity index (χ1v) is 7.84. The summed E-state index contributed by atoms with van der Waals surface area (Å²) in [5, 5.41) is 3.92. The molecule has 0 aliphatic heterocycles. The molecule has 0 spiro atoms. The van der Waals surface area contributed by atoms with E-state index in [1.54, 1.807) is 19.1 Å². The Hall–Kier alpha value is -0.900. The zero-order valence-corrected chi connectivity index (χ0v) is 12.7. The molecular weight excluding hydrogens is 309 g/mol. The third-order valence-electron chi connectivity index (χ3n) is 3.97. The van der Waals surface area contributed by atoms with E-state index < -0.39 is 0 Å². The molecule has 0 radical (unpaired) electrons. The topological polar surface area (TPSA) is 29.1 Å². The van der Waals surface area contributed by atoms with Crippen LogP contribution in [0.3, 0.4) is 0 Å². The van der Waals surface area contributed by atoms with Gasteiger partial charge >= 0.3 is 0 Å². The van der Waals surface area contributed by atoms with Crippen molar-refractivity contribution in [1.29, 1.82) is 0 Å². The van der Waals surface area contributed by atoms with Crippen molar-refractivity contribution in [1.82, 2.24) is 5.32 Å². The zero-order valence-electron chi connectivity index (χ0n) is 11.1. The van der Waals surface area contributed by atoms with E-state index in [9.17, 15) is 9.18 Å². The van der Waals surface area contributed by atoms with E-state index in [1.807, 2.05) is 0 Å². The molecule has 4 heteroatoms. The maximum Gasteiger partial charge on any atom is 0.251 e. The summed E-state index contributed by atoms with van der Waals surface area (Å²) in [5.74, 6) is 0.680. The number of carbonyl (C=O) groups is 1. The second-order valence-electron chi connectivity index (χ2n) is 5.28. The first kappa shape index (κ1) is 14.5. The molecule has 19 heavy (non-hydrogen) atoms. The molecule has 2 nitrogen and oxygen atoms in total. The Morgan fingerprint density at radius 3 is 2.84 bits per heavy atom. The molecule has 2 atom stereocenters. The summed E-state index contributed by atoms with van der Waals surface area (Å²) < 4.78 is 13.4. The molecule has 104 valence electrons. The summed E-state index contributed by atoms with van der Waals surface area (Å²) in [6.45, 7) is 2.38. The van der Waals surface area contributed by atoms with Crippen molar-refractivity contribution >= 4 is 21.8 Å². The lowest BCUT2D eigenvalue weighted by atomic mass is 9.98. The van der Waals surface area contributed by atoms with Gasteiger partial charge in [-0.2, -0.15) is 0 Å². The minimum atomic E-state index is -0.327. The summed E-state index contributed by atoms with van der Waals surface area (Å²) in [4.78, 5) is 12.0. The Labute approximate surface area is 121 Å². The number of carbonyl (C=O) groups excluding carboxylic acids is 1. The smallest absolute Gasteiger partial charge is 0.251 e. The third kappa shape index (κ3) is 3.56. The Morgan fingerprint density at radius 1 is 1.42 bits per heavy atom. The van der Waals surface area contributed by atoms with Gasteiger partial charge < -0.3 is 5.32 Å². The molecule has 1 N–H and O–H groups in total. The fourth-order valence-corrected chi connectivity index (χ4v) is 3.50. The van der Waals surface area contributed by atoms with Crippen molar-refractivity contribution in [3.05, 3.63) is 35.1 Å². The number of hydrogen-bond donors (Lipinski definition) is 1. The SMILES string of the molecule is Cc1ccc(C(=O)NCC2CCCC2CBr)cc1F. The fourth-order valence-electron chi connectivity index (χ4n) is 2.65. The summed E-state index contributed by atoms with van der Waals surface area (Å²) in [6, 6.07) is 4.62. The van der Waals surface area contributed by atoms with Crippen molar-refractivity contribution < 1.29 is 9.18 Å². The molecule has 1 aliphatic carbocycles. The number of benzene rings is 1. The maximum absolute atomic E-state index is 13.4. The number of alkyl halides is 1. The van der Waals surface area contributed by atoms with E-state index in [4.69, 9.17) is 0 Å². The van der Waals surface area contributed by atoms with Crippen LogP contribution in [0.2, 0.25) is 0 Å². The van der Waals surface area contributed by atoms with Gasteiger partial charge in [-0.1, -0.05) is 28.4 Å². The van der Waals surface area contributed by atoms with Crippen LogP contribution in [0.5, 0.6) is 0 Å². The molecule has 2 unspecified atom stereocenters. The predicted molar refractivity (Wildman–Crippen MR) is 78.1 cm³/mol. The highest BCUT2D eigenvalue weighted by Crippen LogP contribution is 2.32. The monoisotopic (exact) mass is 327 g/mol. The number of rotatable bonds is 4. The molecule has 1 saturated carbocycles. The van der Waals surface area contributed by atoms with Gasteiger partial charge in [0, 0.05) is 17.4 Å². The van der Waals surface area contributed by atoms with E-state index >= 15 is 0 Å². The van der Waals surface area contributed by atoms with Gasteiger partial charge in [0.05, 0.1) is 0 Å². The van der Waals surface area contributed by atoms with Gasteiger partial charge in [-0.15, -0.1) is 0 Å². The molecule has 2 rings (SSSR count). The minimum absolute atomic E-state index is 0.181. The first-order chi connectivity index (χ1) is 9.11. The Bertz CT molecular complexity index is 463. The number of nitrogens with one attached hydrogen (secondary N) is 1. The van der Waals surface area contributed by atoms with Crippen LogP contribution in [0.15, 0.2) is 18.2 Å². The van der Waals surface area contributed by atoms with Crippen LogP contribution in [0, 0.1) is 24.6 Å². The van der Waals surface area contributed by atoms with Gasteiger partial charge in [-0.05, 0) is 49.3 Å². The Balaban J connectivity index is 1.92. The predicted octanol–water partition coefficient (Wildman–Crippen LogP) is 3.68. The van der Waals surface area contributed by atoms with Crippen LogP contribution in [0.4, 0.5) is 4.39 Å². The van der Waals surface area contributed by atoms with Crippen LogP contribution < -0.4 is 5.32 Å². The van der Waals surface area contributed by atoms with Gasteiger partial charge in [0.1, 0.15) is 5.82 Å². The lowest BCUT2D eigenvalue weighted by Gasteiger charge is -2.17. The highest BCUT2D eigenvalue weighted by atomic mass is 79.9. The van der Waals surface area contributed by atoms with Crippen molar-refractivity contribution in [2.24, 2.45) is 11.8 Å². The second kappa shape index (κ2) is 6.51. The lowest BCUT2D eigenvalue weighted by Crippen LogP contribution is -2.31. The maximum atomic E-state index is 13.4. The molecule has 0 saturated heterocycles. The number of amides is 1. The highest BCUT2D eigenvalue weighted by Gasteiger charge is 2.26. The lowest BCUT2D eigenvalue weighted by molar-refractivity contribution is 0.0944. The minimum Gasteiger partial charge on any atom is -0.352 e. The van der Waals surface area contributed by atoms with Crippen LogP contribution >= 0.6 is 15.9 Å². The fraction of sp³-hybridized carbons (Fsp3) is 0.533. The highest BCUT2D eigenvalue weighted by molar-refractivity contribution is 9.09. The van der Waals surface area contributed by atoms with Crippen LogP contribution in [0.1, 0.15) is 35.2 Å². The Kier molecular flexibility index (Phi) is 4.97. The summed E-state index contributed by atoms with van der Waals surface area (Å²) in [5.41, 5.74) is 0.961. The standard InChI is InChI=1S/C15H19BrFNO/c1-10-5-6-11(7-14(10)17)15(19)18-9-13-4-2-3-12(13)8-16/h5-7,12-13H,2-4,8-9H2,1H3,(H,18,19). The van der Waals surface area contributed by atoms with Gasteiger partial charge in [0.15, 0.2) is 0 Å². The molecular formula is C15H19BrFNO. The van der Waals surface area contributed by atoms with E-state index in [0.29, 0.717) is 29.5 Å². The van der Waals surface area contributed by atoms with Crippen LogP contribution in [-0.4, -0.2) is 17.8 Å². The van der Waals surface area contributed by atoms with Gasteiger partial charge in [-0.3, -0.25) is 4.79 Å². The molecule has 0 heterocycles. The Morgan fingerprint density at radius 2 is 2.16 bits per heavy atom. The van der Waals surface area contributed by atoms with E-state index in [-0.39, 0.29) is 11.7 Å². The average molecular weight is 328 g/mol. The third-order valence-corrected chi connectivity index (χ3v) is 4.81. The van der Waals surface area contributed by atoms with E-state index in [0.717, 1.165) is 5.33 Å². The van der Waals surface area contributed by atoms with Crippen molar-refractivity contribution in [2.45, 2.75) is 26.2 Å². The van der Waals surface area contributed by atoms with E-state index in [1.165, 1.54) is 25.3 Å². The van der Waals surface area contributed by atoms with Crippen molar-refractivity contribution in [3.63, 3.8) is 0 Å². The molecule has 1 aliphatic rings.